The van der Waals surface area contributed by atoms with Gasteiger partial charge in [0.05, 0.1) is 24.2 Å². The molecule has 3 aromatic carbocycles. The fourth-order valence-corrected chi connectivity index (χ4v) is 16.3. The van der Waals surface area contributed by atoms with E-state index < -0.39 is 102 Å². The van der Waals surface area contributed by atoms with Gasteiger partial charge >= 0.3 is 23.9 Å². The number of rotatable bonds is 9. The Morgan fingerprint density at radius 1 is 0.774 bits per heavy atom. The third kappa shape index (κ3) is 7.04. The molecule has 7 rings (SSSR count). The van der Waals surface area contributed by atoms with E-state index in [-0.39, 0.29) is 25.0 Å². The Labute approximate surface area is 365 Å². The van der Waals surface area contributed by atoms with E-state index >= 15 is 0 Å². The van der Waals surface area contributed by atoms with Crippen molar-refractivity contribution >= 4 is 42.6 Å². The number of benzene rings is 3. The molecule has 3 aromatic rings. The number of ether oxygens (including phenoxy) is 5. The molecule has 10 atom stereocenters. The third-order valence-corrected chi connectivity index (χ3v) is 19.5. The second-order valence-corrected chi connectivity index (χ2v) is 23.6. The summed E-state index contributed by atoms with van der Waals surface area (Å²) in [5, 5.41) is 28.9. The van der Waals surface area contributed by atoms with Gasteiger partial charge in [0.25, 0.3) is 8.32 Å². The number of aliphatic hydroxyl groups is 2. The van der Waals surface area contributed by atoms with Crippen molar-refractivity contribution in [1.29, 1.82) is 0 Å². The summed E-state index contributed by atoms with van der Waals surface area (Å²) in [7, 11) is -3.50. The van der Waals surface area contributed by atoms with Gasteiger partial charge in [0, 0.05) is 44.4 Å². The molecule has 2 saturated carbocycles. The second-order valence-electron chi connectivity index (χ2n) is 19.3. The average molecular weight is 869 g/mol. The van der Waals surface area contributed by atoms with Crippen molar-refractivity contribution in [3.05, 3.63) is 108 Å². The van der Waals surface area contributed by atoms with Gasteiger partial charge in [-0.2, -0.15) is 0 Å². The highest BCUT2D eigenvalue weighted by Crippen LogP contribution is 2.66. The lowest BCUT2D eigenvalue weighted by atomic mass is 9.44. The summed E-state index contributed by atoms with van der Waals surface area (Å²) in [5.74, 6) is -4.08. The Bertz CT molecular complexity index is 2180. The maximum Gasteiger partial charge on any atom is 0.338 e. The average Bonchev–Trinajstić information content (AvgIpc) is 3.20. The van der Waals surface area contributed by atoms with Crippen LogP contribution >= 0.6 is 0 Å². The summed E-state index contributed by atoms with van der Waals surface area (Å²) in [4.78, 5) is 54.2. The molecule has 2 N–H and O–H groups in total. The van der Waals surface area contributed by atoms with Crippen LogP contribution in [0, 0.1) is 16.7 Å². The topological polar surface area (TPSA) is 164 Å². The first-order valence-electron chi connectivity index (χ1n) is 21.4. The molecule has 0 spiro atoms. The minimum Gasteiger partial charge on any atom is -0.458 e. The highest BCUT2D eigenvalue weighted by molar-refractivity contribution is 6.99. The molecule has 1 aliphatic heterocycles. The highest BCUT2D eigenvalue weighted by Gasteiger charge is 2.79. The van der Waals surface area contributed by atoms with E-state index in [1.54, 1.807) is 58.0 Å². The Balaban J connectivity index is 1.59. The molecule has 2 bridgehead atoms. The van der Waals surface area contributed by atoms with Gasteiger partial charge in [0.1, 0.15) is 30.0 Å². The fourth-order valence-electron chi connectivity index (χ4n) is 11.5. The van der Waals surface area contributed by atoms with Gasteiger partial charge in [-0.3, -0.25) is 14.4 Å². The van der Waals surface area contributed by atoms with Gasteiger partial charge in [-0.25, -0.2) is 4.79 Å². The van der Waals surface area contributed by atoms with Gasteiger partial charge in [-0.15, -0.1) is 0 Å². The summed E-state index contributed by atoms with van der Waals surface area (Å²) in [5.41, 5.74) is -5.92. The summed E-state index contributed by atoms with van der Waals surface area (Å²) in [6.45, 7) is 17.0. The van der Waals surface area contributed by atoms with Crippen LogP contribution in [0.25, 0.3) is 0 Å². The normalized spacial score (nSPS) is 32.7. The van der Waals surface area contributed by atoms with Crippen LogP contribution in [0.4, 0.5) is 0 Å². The summed E-state index contributed by atoms with van der Waals surface area (Å²) in [6, 6.07) is 28.3. The van der Waals surface area contributed by atoms with Gasteiger partial charge in [0.2, 0.25) is 0 Å². The Hall–Kier alpha value is -4.66. The SMILES string of the molecule is CC(=O)OC1CC2(O)C(OC(=O)c3ccccc3)C3[C@]4(OC(C)=O)COC4CC(O[Si](c4ccccc4)(c4ccccc4)C(C)(C)C)[C@@]3(C)C(O)C(OC(C)=O)C(=C1C)C2(C)C. The van der Waals surface area contributed by atoms with Crippen LogP contribution in [-0.2, 0) is 42.5 Å². The maximum absolute atomic E-state index is 14.6. The molecule has 3 aliphatic carbocycles. The van der Waals surface area contributed by atoms with E-state index in [1.807, 2.05) is 36.4 Å². The lowest BCUT2D eigenvalue weighted by Crippen LogP contribution is -2.83. The monoisotopic (exact) mass is 868 g/mol. The number of hydrogen-bond acceptors (Lipinski definition) is 12. The number of carbonyl (C=O) groups is 4. The first kappa shape index (κ1) is 45.4. The molecule has 12 nitrogen and oxygen atoms in total. The van der Waals surface area contributed by atoms with E-state index in [4.69, 9.17) is 28.1 Å². The van der Waals surface area contributed by atoms with Crippen LogP contribution < -0.4 is 10.4 Å². The van der Waals surface area contributed by atoms with Crippen LogP contribution in [0.5, 0.6) is 0 Å². The van der Waals surface area contributed by atoms with Gasteiger partial charge in [-0.1, -0.05) is 120 Å². The van der Waals surface area contributed by atoms with Gasteiger partial charge in [-0.05, 0) is 45.6 Å². The van der Waals surface area contributed by atoms with Crippen LogP contribution in [0.15, 0.2) is 102 Å². The molecule has 0 aromatic heterocycles. The second kappa shape index (κ2) is 16.2. The van der Waals surface area contributed by atoms with Gasteiger partial charge < -0.3 is 38.3 Å². The largest absolute Gasteiger partial charge is 0.458 e. The minimum atomic E-state index is -3.50. The fraction of sp³-hybridized carbons (Fsp3) is 0.510. The van der Waals surface area contributed by atoms with Gasteiger partial charge in [0.15, 0.2) is 11.7 Å². The zero-order chi connectivity index (χ0) is 45.2. The maximum atomic E-state index is 14.6. The molecular weight excluding hydrogens is 809 g/mol. The Kier molecular flexibility index (Phi) is 11.8. The minimum absolute atomic E-state index is 0.101. The first-order valence-corrected chi connectivity index (χ1v) is 23.3. The lowest BCUT2D eigenvalue weighted by Gasteiger charge is -2.70. The van der Waals surface area contributed by atoms with E-state index in [0.29, 0.717) is 11.1 Å². The van der Waals surface area contributed by atoms with Crippen molar-refractivity contribution in [2.45, 2.75) is 135 Å². The van der Waals surface area contributed by atoms with E-state index in [1.165, 1.54) is 20.8 Å². The van der Waals surface area contributed by atoms with Crippen molar-refractivity contribution < 1.29 is 57.5 Å². The smallest absolute Gasteiger partial charge is 0.338 e. The summed E-state index contributed by atoms with van der Waals surface area (Å²) in [6.07, 6.45) is -7.84. The van der Waals surface area contributed by atoms with Crippen molar-refractivity contribution in [2.75, 3.05) is 6.61 Å². The molecule has 4 aliphatic rings. The van der Waals surface area contributed by atoms with Crippen molar-refractivity contribution in [3.8, 4) is 0 Å². The third-order valence-electron chi connectivity index (χ3n) is 14.4. The molecular formula is C49H60O12Si. The van der Waals surface area contributed by atoms with E-state index in [0.717, 1.165) is 10.4 Å². The molecule has 3 fully saturated rings. The lowest BCUT2D eigenvalue weighted by molar-refractivity contribution is -0.363. The number of hydrogen-bond donors (Lipinski definition) is 2. The molecule has 1 saturated heterocycles. The summed E-state index contributed by atoms with van der Waals surface area (Å²) >= 11 is 0. The molecule has 1 heterocycles. The molecule has 0 radical (unpaired) electrons. The van der Waals surface area contributed by atoms with E-state index in [9.17, 15) is 29.4 Å². The number of esters is 4. The predicted octanol–water partition coefficient (Wildman–Crippen LogP) is 5.60. The van der Waals surface area contributed by atoms with Crippen LogP contribution in [0.3, 0.4) is 0 Å². The van der Waals surface area contributed by atoms with Crippen molar-refractivity contribution in [3.63, 3.8) is 0 Å². The van der Waals surface area contributed by atoms with Crippen LogP contribution in [0.2, 0.25) is 5.04 Å². The zero-order valence-corrected chi connectivity index (χ0v) is 38.3. The van der Waals surface area contributed by atoms with E-state index in [2.05, 4.69) is 45.0 Å². The zero-order valence-electron chi connectivity index (χ0n) is 37.3. The number of fused-ring (bicyclic) bond motifs is 5. The molecule has 62 heavy (non-hydrogen) atoms. The van der Waals surface area contributed by atoms with Crippen LogP contribution in [0.1, 0.15) is 92.4 Å². The predicted molar refractivity (Wildman–Crippen MR) is 232 cm³/mol. The highest BCUT2D eigenvalue weighted by atomic mass is 28.4. The first-order chi connectivity index (χ1) is 29.1. The molecule has 332 valence electrons. The summed E-state index contributed by atoms with van der Waals surface area (Å²) < 4.78 is 39.7. The van der Waals surface area contributed by atoms with Crippen molar-refractivity contribution in [2.24, 2.45) is 16.7 Å². The van der Waals surface area contributed by atoms with Crippen molar-refractivity contribution in [1.82, 2.24) is 0 Å². The Morgan fingerprint density at radius 3 is 1.77 bits per heavy atom. The standard InChI is InChI=1S/C49H60O12Si/c1-29-36(57-30(2)50)27-49(55)43(59-44(54)33-20-14-11-15-21-33)41-47(10,42(53)40(58-31(3)51)39(29)46(49,8)9)37(26-38-48(41,28-56-38)60-32(4)52)61-62(45(5,6)7,34-22-16-12-17-23-34)35-24-18-13-19-25-35/h11-25,36-38,40-43,53,55H,26-28H2,1-10H3/t36?,37?,38?,40?,41?,42?,43?,47-,48+,49?/m1/s1. The number of aliphatic hydroxyl groups excluding tert-OH is 1. The quantitative estimate of drug-likeness (QED) is 0.119. The Morgan fingerprint density at radius 2 is 1.31 bits per heavy atom. The molecule has 13 heteroatoms. The molecule has 8 unspecified atom stereocenters. The molecule has 0 amide bonds. The van der Waals surface area contributed by atoms with Crippen LogP contribution in [-0.4, -0.2) is 96.8 Å². The number of carbonyl (C=O) groups excluding carboxylic acids is 4.